The largest absolute Gasteiger partial charge is 0.468 e. The molecule has 0 saturated heterocycles. The zero-order valence-electron chi connectivity index (χ0n) is 20.2. The van der Waals surface area contributed by atoms with Crippen LogP contribution < -0.4 is 5.56 Å². The van der Waals surface area contributed by atoms with Crippen LogP contribution in [0.2, 0.25) is 0 Å². The Morgan fingerprint density at radius 3 is 2.61 bits per heavy atom. The highest BCUT2D eigenvalue weighted by Gasteiger charge is 2.33. The van der Waals surface area contributed by atoms with Gasteiger partial charge >= 0.3 is 0 Å². The van der Waals surface area contributed by atoms with Gasteiger partial charge in [-0.2, -0.15) is 0 Å². The van der Waals surface area contributed by atoms with E-state index in [0.29, 0.717) is 18.7 Å². The summed E-state index contributed by atoms with van der Waals surface area (Å²) in [6.45, 7) is 13.5. The van der Waals surface area contributed by atoms with Crippen LogP contribution in [-0.4, -0.2) is 30.1 Å². The topological polar surface area (TPSA) is 92.8 Å². The summed E-state index contributed by atoms with van der Waals surface area (Å²) in [7, 11) is 0. The van der Waals surface area contributed by atoms with Gasteiger partial charge in [0, 0.05) is 17.6 Å². The van der Waals surface area contributed by atoms with Crippen LogP contribution in [0, 0.1) is 12.8 Å². The Bertz CT molecular complexity index is 1280. The summed E-state index contributed by atoms with van der Waals surface area (Å²) in [5.41, 5.74) is 2.32. The fourth-order valence-corrected chi connectivity index (χ4v) is 4.30. The molecule has 0 aliphatic heterocycles. The molecule has 8 nitrogen and oxygen atoms in total. The molecule has 1 aromatic carbocycles. The third-order valence-electron chi connectivity index (χ3n) is 5.81. The van der Waals surface area contributed by atoms with Crippen LogP contribution in [0.5, 0.6) is 0 Å². The molecule has 0 unspecified atom stereocenters. The molecule has 0 radical (unpaired) electrons. The third-order valence-corrected chi connectivity index (χ3v) is 5.81. The van der Waals surface area contributed by atoms with E-state index in [1.54, 1.807) is 6.26 Å². The van der Waals surface area contributed by atoms with E-state index in [2.05, 4.69) is 73.0 Å². The Kier molecular flexibility index (Phi) is 6.21. The molecule has 1 N–H and O–H groups in total. The molecule has 4 rings (SSSR count). The normalized spacial score (nSPS) is 13.3. The van der Waals surface area contributed by atoms with Crippen LogP contribution in [0.3, 0.4) is 0 Å². The number of fused-ring (bicyclic) bond motifs is 1. The van der Waals surface area contributed by atoms with Crippen LogP contribution >= 0.6 is 0 Å². The van der Waals surface area contributed by atoms with Crippen molar-refractivity contribution in [1.29, 1.82) is 0 Å². The van der Waals surface area contributed by atoms with E-state index < -0.39 is 0 Å². The third kappa shape index (κ3) is 4.90. The minimum Gasteiger partial charge on any atom is -0.468 e. The lowest BCUT2D eigenvalue weighted by Gasteiger charge is -2.34. The fraction of sp³-hybridized carbons (Fsp3) is 0.440. The molecule has 4 aromatic rings. The van der Waals surface area contributed by atoms with Crippen molar-refractivity contribution in [2.24, 2.45) is 5.92 Å². The average Bonchev–Trinajstić information content (AvgIpc) is 3.40. The van der Waals surface area contributed by atoms with Crippen LogP contribution in [0.1, 0.15) is 63.4 Å². The first-order valence-corrected chi connectivity index (χ1v) is 11.3. The molecule has 3 heterocycles. The number of benzene rings is 1. The number of hydrogen-bond donors (Lipinski definition) is 1. The Hall–Kier alpha value is -3.26. The number of pyridine rings is 1. The SMILES string of the molecule is Cc1ccc2[nH]c(=O)c(CN(Cc3ccco3)[C@H](c3nnnn3C(C)(C)C)C(C)C)cc2c1. The summed E-state index contributed by atoms with van der Waals surface area (Å²) in [5, 5.41) is 13.7. The quantitative estimate of drug-likeness (QED) is 0.445. The number of aromatic nitrogens is 5. The van der Waals surface area contributed by atoms with E-state index in [4.69, 9.17) is 4.42 Å². The van der Waals surface area contributed by atoms with Crippen LogP contribution in [-0.2, 0) is 18.6 Å². The van der Waals surface area contributed by atoms with E-state index in [-0.39, 0.29) is 23.1 Å². The number of tetrazole rings is 1. The number of hydrogen-bond acceptors (Lipinski definition) is 6. The number of nitrogens with zero attached hydrogens (tertiary/aromatic N) is 5. The second-order valence-corrected chi connectivity index (χ2v) is 10.0. The van der Waals surface area contributed by atoms with Crippen LogP contribution in [0.25, 0.3) is 10.9 Å². The van der Waals surface area contributed by atoms with Gasteiger partial charge in [0.1, 0.15) is 5.76 Å². The maximum absolute atomic E-state index is 13.0. The smallest absolute Gasteiger partial charge is 0.252 e. The Balaban J connectivity index is 1.79. The van der Waals surface area contributed by atoms with E-state index >= 15 is 0 Å². The molecular formula is C25H32N6O2. The standard InChI is InChI=1S/C25H32N6O2/c1-16(2)22(23-27-28-29-31(23)25(4,5)6)30(15-20-8-7-11-33-20)14-19-13-18-12-17(3)9-10-21(18)26-24(19)32/h7-13,16,22H,14-15H2,1-6H3,(H,26,32)/t22-/m0/s1. The van der Waals surface area contributed by atoms with Gasteiger partial charge in [0.05, 0.1) is 24.4 Å². The molecule has 3 aromatic heterocycles. The Labute approximate surface area is 193 Å². The number of aromatic amines is 1. The molecule has 8 heteroatoms. The van der Waals surface area contributed by atoms with Crippen molar-refractivity contribution >= 4 is 10.9 Å². The van der Waals surface area contributed by atoms with Gasteiger partial charge in [-0.05, 0) is 79.8 Å². The lowest BCUT2D eigenvalue weighted by molar-refractivity contribution is 0.111. The van der Waals surface area contributed by atoms with Gasteiger partial charge in [0.25, 0.3) is 5.56 Å². The molecule has 0 spiro atoms. The van der Waals surface area contributed by atoms with E-state index in [9.17, 15) is 4.79 Å². The summed E-state index contributed by atoms with van der Waals surface area (Å²) in [5.74, 6) is 1.79. The fourth-order valence-electron chi connectivity index (χ4n) is 4.30. The molecule has 0 amide bonds. The number of rotatable bonds is 7. The van der Waals surface area contributed by atoms with Crippen molar-refractivity contribution in [3.8, 4) is 0 Å². The lowest BCUT2D eigenvalue weighted by Crippen LogP contribution is -2.37. The molecule has 0 saturated carbocycles. The monoisotopic (exact) mass is 448 g/mol. The van der Waals surface area contributed by atoms with Gasteiger partial charge in [0.15, 0.2) is 5.82 Å². The second kappa shape index (κ2) is 8.94. The molecule has 0 aliphatic carbocycles. The molecule has 0 fully saturated rings. The highest BCUT2D eigenvalue weighted by molar-refractivity contribution is 5.79. The number of nitrogens with one attached hydrogen (secondary N) is 1. The minimum absolute atomic E-state index is 0.0892. The second-order valence-electron chi connectivity index (χ2n) is 10.0. The average molecular weight is 449 g/mol. The van der Waals surface area contributed by atoms with Gasteiger partial charge in [-0.15, -0.1) is 5.10 Å². The molecular weight excluding hydrogens is 416 g/mol. The highest BCUT2D eigenvalue weighted by atomic mass is 16.3. The first-order chi connectivity index (χ1) is 15.6. The predicted molar refractivity (Wildman–Crippen MR) is 128 cm³/mol. The zero-order valence-corrected chi connectivity index (χ0v) is 20.2. The summed E-state index contributed by atoms with van der Waals surface area (Å²) in [6, 6.07) is 11.7. The first-order valence-electron chi connectivity index (χ1n) is 11.3. The van der Waals surface area contributed by atoms with Crippen molar-refractivity contribution in [2.45, 2.75) is 66.2 Å². The molecule has 33 heavy (non-hydrogen) atoms. The van der Waals surface area contributed by atoms with Crippen molar-refractivity contribution in [2.75, 3.05) is 0 Å². The van der Waals surface area contributed by atoms with Crippen molar-refractivity contribution in [3.05, 3.63) is 75.7 Å². The van der Waals surface area contributed by atoms with Crippen LogP contribution in [0.15, 0.2) is 51.9 Å². The van der Waals surface area contributed by atoms with Crippen LogP contribution in [0.4, 0.5) is 0 Å². The number of H-pyrrole nitrogens is 1. The summed E-state index contributed by atoms with van der Waals surface area (Å²) >= 11 is 0. The van der Waals surface area contributed by atoms with Crippen molar-refractivity contribution in [1.82, 2.24) is 30.1 Å². The number of furan rings is 1. The summed E-state index contributed by atoms with van der Waals surface area (Å²) in [4.78, 5) is 18.3. The van der Waals surface area contributed by atoms with Gasteiger partial charge in [-0.25, -0.2) is 4.68 Å². The van der Waals surface area contributed by atoms with Gasteiger partial charge in [-0.1, -0.05) is 25.5 Å². The summed E-state index contributed by atoms with van der Waals surface area (Å²) < 4.78 is 7.55. The van der Waals surface area contributed by atoms with Gasteiger partial charge < -0.3 is 9.40 Å². The molecule has 1 atom stereocenters. The lowest BCUT2D eigenvalue weighted by atomic mass is 9.98. The summed E-state index contributed by atoms with van der Waals surface area (Å²) in [6.07, 6.45) is 1.67. The maximum atomic E-state index is 13.0. The minimum atomic E-state index is -0.278. The van der Waals surface area contributed by atoms with E-state index in [1.807, 2.05) is 35.0 Å². The molecule has 174 valence electrons. The van der Waals surface area contributed by atoms with E-state index in [0.717, 1.165) is 28.1 Å². The van der Waals surface area contributed by atoms with Gasteiger partial charge in [-0.3, -0.25) is 9.69 Å². The Morgan fingerprint density at radius 2 is 1.94 bits per heavy atom. The Morgan fingerprint density at radius 1 is 1.15 bits per heavy atom. The van der Waals surface area contributed by atoms with Crippen molar-refractivity contribution in [3.63, 3.8) is 0 Å². The molecule has 0 aliphatic rings. The highest BCUT2D eigenvalue weighted by Crippen LogP contribution is 2.32. The van der Waals surface area contributed by atoms with Crippen molar-refractivity contribution < 1.29 is 4.42 Å². The number of aryl methyl sites for hydroxylation is 1. The van der Waals surface area contributed by atoms with Gasteiger partial charge in [0.2, 0.25) is 0 Å². The van der Waals surface area contributed by atoms with E-state index in [1.165, 1.54) is 0 Å². The molecule has 0 bridgehead atoms. The maximum Gasteiger partial charge on any atom is 0.252 e. The predicted octanol–water partition coefficient (Wildman–Crippen LogP) is 4.57. The first kappa shape index (κ1) is 22.9. The zero-order chi connectivity index (χ0) is 23.8.